The van der Waals surface area contributed by atoms with E-state index >= 15 is 0 Å². The first-order chi connectivity index (χ1) is 10.0. The van der Waals surface area contributed by atoms with Gasteiger partial charge in [-0.1, -0.05) is 43.7 Å². The number of nitrogens with two attached hydrogens (primary N) is 1. The zero-order valence-corrected chi connectivity index (χ0v) is 12.8. The minimum Gasteiger partial charge on any atom is -0.368 e. The summed E-state index contributed by atoms with van der Waals surface area (Å²) in [5.41, 5.74) is 6.34. The van der Waals surface area contributed by atoms with Crippen LogP contribution in [0.3, 0.4) is 0 Å². The van der Waals surface area contributed by atoms with E-state index in [0.29, 0.717) is 12.2 Å². The number of rotatable bonds is 7. The Morgan fingerprint density at radius 3 is 2.62 bits per heavy atom. The van der Waals surface area contributed by atoms with Crippen LogP contribution in [0.5, 0.6) is 0 Å². The first kappa shape index (κ1) is 15.7. The van der Waals surface area contributed by atoms with E-state index in [1.54, 1.807) is 0 Å². The molecule has 2 rings (SSSR count). The van der Waals surface area contributed by atoms with Gasteiger partial charge in [0.2, 0.25) is 11.8 Å². The maximum Gasteiger partial charge on any atom is 0.240 e. The molecule has 1 aliphatic rings. The smallest absolute Gasteiger partial charge is 0.240 e. The third-order valence-electron chi connectivity index (χ3n) is 3.63. The minimum atomic E-state index is -1.22. The molecule has 0 aliphatic carbocycles. The third-order valence-corrected chi connectivity index (χ3v) is 5.25. The summed E-state index contributed by atoms with van der Waals surface area (Å²) in [5.74, 6) is -0.280. The van der Waals surface area contributed by atoms with Crippen molar-refractivity contribution in [2.75, 3.05) is 0 Å². The summed E-state index contributed by atoms with van der Waals surface area (Å²) in [4.78, 5) is 24.7. The molecule has 114 valence electrons. The molecule has 0 aromatic heterocycles. The van der Waals surface area contributed by atoms with E-state index in [4.69, 9.17) is 5.73 Å². The molecule has 0 spiro atoms. The number of hydrogen-bond donors (Lipinski definition) is 1. The number of hydrogen-bond acceptors (Lipinski definition) is 3. The van der Waals surface area contributed by atoms with Crippen molar-refractivity contribution in [2.45, 2.75) is 43.4 Å². The van der Waals surface area contributed by atoms with E-state index in [9.17, 15) is 13.8 Å². The lowest BCUT2D eigenvalue weighted by molar-refractivity contribution is -0.150. The minimum absolute atomic E-state index is 0.140. The van der Waals surface area contributed by atoms with E-state index in [1.165, 1.54) is 4.90 Å². The van der Waals surface area contributed by atoms with Crippen molar-refractivity contribution < 1.29 is 13.8 Å². The molecule has 2 N–H and O–H groups in total. The molecule has 6 heteroatoms. The number of likely N-dealkylation sites (tertiary alicyclic amines) is 1. The lowest BCUT2D eigenvalue weighted by Crippen LogP contribution is -2.62. The molecule has 1 heterocycles. The maximum atomic E-state index is 12.4. The van der Waals surface area contributed by atoms with E-state index in [0.717, 1.165) is 12.0 Å². The van der Waals surface area contributed by atoms with Gasteiger partial charge in [-0.05, 0) is 12.0 Å². The lowest BCUT2D eigenvalue weighted by Gasteiger charge is -2.43. The van der Waals surface area contributed by atoms with E-state index < -0.39 is 28.1 Å². The van der Waals surface area contributed by atoms with Crippen molar-refractivity contribution in [1.29, 1.82) is 0 Å². The van der Waals surface area contributed by atoms with Gasteiger partial charge in [-0.25, -0.2) is 0 Å². The van der Waals surface area contributed by atoms with Gasteiger partial charge in [0.15, 0.2) is 0 Å². The standard InChI is InChI=1S/C15H20N2O3S/c1-2-6-12(15(16)19)17-13(18)9-14(17)21(20)10-11-7-4-3-5-8-11/h3-5,7-8,12,14H,2,6,9-10H2,1H3,(H2,16,19). The Morgan fingerprint density at radius 1 is 1.43 bits per heavy atom. The summed E-state index contributed by atoms with van der Waals surface area (Å²) in [6.07, 6.45) is 1.49. The average molecular weight is 308 g/mol. The van der Waals surface area contributed by atoms with Crippen molar-refractivity contribution >= 4 is 22.6 Å². The molecule has 3 unspecified atom stereocenters. The van der Waals surface area contributed by atoms with Crippen LogP contribution in [-0.2, 0) is 26.1 Å². The highest BCUT2D eigenvalue weighted by Crippen LogP contribution is 2.28. The fourth-order valence-electron chi connectivity index (χ4n) is 2.52. The molecule has 0 radical (unpaired) electrons. The average Bonchev–Trinajstić information content (AvgIpc) is 2.45. The predicted molar refractivity (Wildman–Crippen MR) is 81.4 cm³/mol. The Morgan fingerprint density at radius 2 is 2.10 bits per heavy atom. The van der Waals surface area contributed by atoms with Gasteiger partial charge in [0.05, 0.1) is 12.2 Å². The fourth-order valence-corrected chi connectivity index (χ4v) is 4.08. The topological polar surface area (TPSA) is 80.5 Å². The highest BCUT2D eigenvalue weighted by molar-refractivity contribution is 7.85. The zero-order valence-electron chi connectivity index (χ0n) is 12.0. The molecule has 1 aromatic rings. The van der Waals surface area contributed by atoms with Crippen LogP contribution in [0.4, 0.5) is 0 Å². The quantitative estimate of drug-likeness (QED) is 0.767. The molecule has 1 saturated heterocycles. The second-order valence-corrected chi connectivity index (χ2v) is 6.77. The van der Waals surface area contributed by atoms with Gasteiger partial charge in [0.1, 0.15) is 11.4 Å². The number of nitrogens with zero attached hydrogens (tertiary/aromatic N) is 1. The molecular weight excluding hydrogens is 288 g/mol. The van der Waals surface area contributed by atoms with Crippen molar-refractivity contribution in [2.24, 2.45) is 5.73 Å². The van der Waals surface area contributed by atoms with Crippen LogP contribution in [0.1, 0.15) is 31.7 Å². The van der Waals surface area contributed by atoms with Crippen molar-refractivity contribution in [3.8, 4) is 0 Å². The fraction of sp³-hybridized carbons (Fsp3) is 0.467. The Labute approximate surface area is 127 Å². The Hall–Kier alpha value is -1.69. The van der Waals surface area contributed by atoms with Crippen molar-refractivity contribution in [1.82, 2.24) is 4.90 Å². The molecule has 21 heavy (non-hydrogen) atoms. The van der Waals surface area contributed by atoms with Crippen molar-refractivity contribution in [3.05, 3.63) is 35.9 Å². The summed E-state index contributed by atoms with van der Waals surface area (Å²) in [7, 11) is -1.22. The highest BCUT2D eigenvalue weighted by atomic mass is 32.2. The van der Waals surface area contributed by atoms with Crippen LogP contribution in [-0.4, -0.2) is 32.3 Å². The van der Waals surface area contributed by atoms with Gasteiger partial charge in [-0.2, -0.15) is 0 Å². The van der Waals surface area contributed by atoms with Crippen LogP contribution in [0.2, 0.25) is 0 Å². The predicted octanol–water partition coefficient (Wildman–Crippen LogP) is 1.15. The van der Waals surface area contributed by atoms with Gasteiger partial charge < -0.3 is 10.6 Å². The third kappa shape index (κ3) is 3.50. The van der Waals surface area contributed by atoms with Crippen LogP contribution in [0, 0.1) is 0 Å². The Balaban J connectivity index is 2.07. The molecular formula is C15H20N2O3S. The molecule has 2 amide bonds. The number of primary amides is 1. The van der Waals surface area contributed by atoms with E-state index in [2.05, 4.69) is 0 Å². The van der Waals surface area contributed by atoms with Crippen LogP contribution < -0.4 is 5.73 Å². The zero-order chi connectivity index (χ0) is 15.4. The highest BCUT2D eigenvalue weighted by Gasteiger charge is 2.45. The summed E-state index contributed by atoms with van der Waals surface area (Å²) in [5, 5.41) is -0.401. The largest absolute Gasteiger partial charge is 0.368 e. The SMILES string of the molecule is CCCC(C(N)=O)N1C(=O)CC1S(=O)Cc1ccccc1. The number of β-lactam (4-membered cyclic amide) rings is 1. The Kier molecular flexibility index (Phi) is 5.12. The summed E-state index contributed by atoms with van der Waals surface area (Å²) in [6.45, 7) is 1.93. The molecule has 0 bridgehead atoms. The van der Waals surface area contributed by atoms with Gasteiger partial charge in [0.25, 0.3) is 0 Å². The second-order valence-electron chi connectivity index (χ2n) is 5.18. The van der Waals surface area contributed by atoms with E-state index in [1.807, 2.05) is 37.3 Å². The Bertz CT molecular complexity index is 547. The van der Waals surface area contributed by atoms with Crippen molar-refractivity contribution in [3.63, 3.8) is 0 Å². The van der Waals surface area contributed by atoms with Crippen LogP contribution in [0.25, 0.3) is 0 Å². The number of benzene rings is 1. The molecule has 0 saturated carbocycles. The molecule has 1 aromatic carbocycles. The van der Waals surface area contributed by atoms with Gasteiger partial charge in [-0.3, -0.25) is 13.8 Å². The molecule has 5 nitrogen and oxygen atoms in total. The number of carbonyl (C=O) groups excluding carboxylic acids is 2. The summed E-state index contributed by atoms with van der Waals surface area (Å²) >= 11 is 0. The number of carbonyl (C=O) groups is 2. The molecule has 1 aliphatic heterocycles. The number of amides is 2. The summed E-state index contributed by atoms with van der Waals surface area (Å²) < 4.78 is 12.4. The molecule has 3 atom stereocenters. The first-order valence-corrected chi connectivity index (χ1v) is 8.44. The monoisotopic (exact) mass is 308 g/mol. The normalized spacial score (nSPS) is 20.7. The lowest BCUT2D eigenvalue weighted by atomic mass is 10.0. The van der Waals surface area contributed by atoms with Crippen LogP contribution in [0.15, 0.2) is 30.3 Å². The van der Waals surface area contributed by atoms with Gasteiger partial charge in [-0.15, -0.1) is 0 Å². The van der Waals surface area contributed by atoms with Crippen LogP contribution >= 0.6 is 0 Å². The second kappa shape index (κ2) is 6.85. The van der Waals surface area contributed by atoms with Gasteiger partial charge in [0, 0.05) is 10.8 Å². The summed E-state index contributed by atoms with van der Waals surface area (Å²) in [6, 6.07) is 8.84. The van der Waals surface area contributed by atoms with E-state index in [-0.39, 0.29) is 12.3 Å². The van der Waals surface area contributed by atoms with Gasteiger partial charge >= 0.3 is 0 Å². The first-order valence-electron chi connectivity index (χ1n) is 7.06. The molecule has 1 fully saturated rings. The maximum absolute atomic E-state index is 12.4.